The maximum Gasteiger partial charge on any atom is 0.240 e. The van der Waals surface area contributed by atoms with Crippen LogP contribution in [0.15, 0.2) is 29.4 Å². The van der Waals surface area contributed by atoms with Crippen molar-refractivity contribution in [1.29, 1.82) is 0 Å². The molecule has 6 nitrogen and oxygen atoms in total. The molecule has 0 atom stereocenters. The molecule has 1 aliphatic rings. The lowest BCUT2D eigenvalue weighted by molar-refractivity contribution is -0.132. The predicted octanol–water partition coefficient (Wildman–Crippen LogP) is 1.85. The minimum Gasteiger partial charge on any atom is -0.383 e. The number of carbonyl (C=O) groups excluding carboxylic acids is 2. The van der Waals surface area contributed by atoms with Crippen LogP contribution in [0.25, 0.3) is 0 Å². The van der Waals surface area contributed by atoms with Crippen LogP contribution in [0, 0.1) is 5.82 Å². The molecular formula is C17H22FN3O3. The van der Waals surface area contributed by atoms with Crippen molar-refractivity contribution in [3.63, 3.8) is 0 Å². The second-order valence-corrected chi connectivity index (χ2v) is 5.61. The molecule has 0 fully saturated rings. The van der Waals surface area contributed by atoms with E-state index in [1.807, 2.05) is 0 Å². The van der Waals surface area contributed by atoms with Crippen molar-refractivity contribution in [2.75, 3.05) is 20.3 Å². The number of carbonyl (C=O) groups is 2. The maximum absolute atomic E-state index is 13.8. The van der Waals surface area contributed by atoms with Gasteiger partial charge < -0.3 is 9.64 Å². The molecule has 0 saturated heterocycles. The standard InChI is InChI=1S/C17H22FN3O3/c1-24-11-10-21(12-13-4-2-3-5-15(13)18)17(23)9-7-14-6-8-16(22)20-19-14/h2-5H,6-12H2,1H3,(H,20,22). The number of hydrogen-bond donors (Lipinski definition) is 1. The van der Waals surface area contributed by atoms with Gasteiger partial charge in [0.25, 0.3) is 0 Å². The SMILES string of the molecule is COCCN(Cc1ccccc1F)C(=O)CCC1=NNC(=O)CC1. The first-order valence-corrected chi connectivity index (χ1v) is 7.94. The van der Waals surface area contributed by atoms with Crippen molar-refractivity contribution in [2.24, 2.45) is 5.10 Å². The highest BCUT2D eigenvalue weighted by atomic mass is 19.1. The molecule has 1 heterocycles. The summed E-state index contributed by atoms with van der Waals surface area (Å²) < 4.78 is 18.9. The van der Waals surface area contributed by atoms with E-state index in [-0.39, 0.29) is 30.6 Å². The van der Waals surface area contributed by atoms with E-state index in [4.69, 9.17) is 4.74 Å². The van der Waals surface area contributed by atoms with Gasteiger partial charge in [-0.1, -0.05) is 18.2 Å². The molecule has 7 heteroatoms. The summed E-state index contributed by atoms with van der Waals surface area (Å²) in [5.41, 5.74) is 3.70. The van der Waals surface area contributed by atoms with Crippen molar-refractivity contribution in [3.8, 4) is 0 Å². The van der Waals surface area contributed by atoms with Crippen LogP contribution in [0.5, 0.6) is 0 Å². The molecule has 24 heavy (non-hydrogen) atoms. The molecule has 1 aliphatic heterocycles. The fraction of sp³-hybridized carbons (Fsp3) is 0.471. The van der Waals surface area contributed by atoms with Gasteiger partial charge in [-0.15, -0.1) is 0 Å². The van der Waals surface area contributed by atoms with E-state index in [1.165, 1.54) is 6.07 Å². The highest BCUT2D eigenvalue weighted by Gasteiger charge is 2.18. The van der Waals surface area contributed by atoms with Crippen LogP contribution in [-0.4, -0.2) is 42.7 Å². The zero-order valence-corrected chi connectivity index (χ0v) is 13.8. The number of hydrazone groups is 1. The topological polar surface area (TPSA) is 71.0 Å². The summed E-state index contributed by atoms with van der Waals surface area (Å²) in [6, 6.07) is 6.42. The lowest BCUT2D eigenvalue weighted by Crippen LogP contribution is -2.34. The Morgan fingerprint density at radius 2 is 2.17 bits per heavy atom. The van der Waals surface area contributed by atoms with E-state index in [1.54, 1.807) is 30.2 Å². The largest absolute Gasteiger partial charge is 0.383 e. The molecule has 0 saturated carbocycles. The van der Waals surface area contributed by atoms with Crippen molar-refractivity contribution in [2.45, 2.75) is 32.2 Å². The van der Waals surface area contributed by atoms with Gasteiger partial charge in [-0.2, -0.15) is 5.10 Å². The molecule has 0 unspecified atom stereocenters. The second-order valence-electron chi connectivity index (χ2n) is 5.61. The average molecular weight is 335 g/mol. The van der Waals surface area contributed by atoms with Crippen molar-refractivity contribution < 1.29 is 18.7 Å². The van der Waals surface area contributed by atoms with Crippen LogP contribution in [0.3, 0.4) is 0 Å². The first kappa shape index (κ1) is 18.1. The number of methoxy groups -OCH3 is 1. The second kappa shape index (κ2) is 9.12. The van der Waals surface area contributed by atoms with Gasteiger partial charge in [0.2, 0.25) is 11.8 Å². The first-order valence-electron chi connectivity index (χ1n) is 7.94. The van der Waals surface area contributed by atoms with Crippen LogP contribution in [-0.2, 0) is 20.9 Å². The summed E-state index contributed by atoms with van der Waals surface area (Å²) in [6.45, 7) is 0.988. The van der Waals surface area contributed by atoms with Crippen LogP contribution in [0.4, 0.5) is 4.39 Å². The van der Waals surface area contributed by atoms with Crippen LogP contribution >= 0.6 is 0 Å². The van der Waals surface area contributed by atoms with Crippen molar-refractivity contribution >= 4 is 17.5 Å². The molecule has 2 amide bonds. The van der Waals surface area contributed by atoms with E-state index in [2.05, 4.69) is 10.5 Å². The Morgan fingerprint density at radius 3 is 2.83 bits per heavy atom. The number of benzene rings is 1. The van der Waals surface area contributed by atoms with Crippen LogP contribution in [0.1, 0.15) is 31.2 Å². The van der Waals surface area contributed by atoms with Gasteiger partial charge in [0.1, 0.15) is 5.82 Å². The quantitative estimate of drug-likeness (QED) is 0.788. The molecule has 0 aliphatic carbocycles. The van der Waals surface area contributed by atoms with E-state index in [0.29, 0.717) is 38.0 Å². The Kier molecular flexibility index (Phi) is 6.87. The van der Waals surface area contributed by atoms with Gasteiger partial charge in [0, 0.05) is 44.3 Å². The Bertz CT molecular complexity index is 619. The number of ether oxygens (including phenoxy) is 1. The van der Waals surface area contributed by atoms with Gasteiger partial charge in [-0.3, -0.25) is 9.59 Å². The lowest BCUT2D eigenvalue weighted by Gasteiger charge is -2.23. The van der Waals surface area contributed by atoms with Crippen molar-refractivity contribution in [3.05, 3.63) is 35.6 Å². The van der Waals surface area contributed by atoms with E-state index < -0.39 is 0 Å². The van der Waals surface area contributed by atoms with Gasteiger partial charge in [0.15, 0.2) is 0 Å². The summed E-state index contributed by atoms with van der Waals surface area (Å²) >= 11 is 0. The molecule has 2 rings (SSSR count). The Labute approximate surface area is 140 Å². The number of halogens is 1. The molecule has 1 aromatic rings. The summed E-state index contributed by atoms with van der Waals surface area (Å²) in [5, 5.41) is 3.96. The number of nitrogens with zero attached hydrogens (tertiary/aromatic N) is 2. The third-order valence-electron chi connectivity index (χ3n) is 3.84. The molecule has 0 bridgehead atoms. The highest BCUT2D eigenvalue weighted by Crippen LogP contribution is 2.13. The number of hydrogen-bond acceptors (Lipinski definition) is 4. The minimum atomic E-state index is -0.327. The zero-order chi connectivity index (χ0) is 17.4. The number of amides is 2. The minimum absolute atomic E-state index is 0.0881. The van der Waals surface area contributed by atoms with E-state index in [9.17, 15) is 14.0 Å². The van der Waals surface area contributed by atoms with Gasteiger partial charge >= 0.3 is 0 Å². The Hall–Kier alpha value is -2.28. The van der Waals surface area contributed by atoms with Gasteiger partial charge in [0.05, 0.1) is 6.61 Å². The summed E-state index contributed by atoms with van der Waals surface area (Å²) in [6.07, 6.45) is 1.73. The fourth-order valence-corrected chi connectivity index (χ4v) is 2.43. The summed E-state index contributed by atoms with van der Waals surface area (Å²) in [5.74, 6) is -0.520. The average Bonchev–Trinajstić information content (AvgIpc) is 2.59. The summed E-state index contributed by atoms with van der Waals surface area (Å²) in [4.78, 5) is 25.1. The lowest BCUT2D eigenvalue weighted by atomic mass is 10.1. The third kappa shape index (κ3) is 5.42. The number of rotatable bonds is 8. The molecule has 1 aromatic carbocycles. The predicted molar refractivity (Wildman–Crippen MR) is 87.7 cm³/mol. The smallest absolute Gasteiger partial charge is 0.240 e. The van der Waals surface area contributed by atoms with E-state index in [0.717, 1.165) is 5.71 Å². The summed E-state index contributed by atoms with van der Waals surface area (Å²) in [7, 11) is 1.56. The Morgan fingerprint density at radius 1 is 1.38 bits per heavy atom. The zero-order valence-electron chi connectivity index (χ0n) is 13.8. The van der Waals surface area contributed by atoms with Crippen LogP contribution < -0.4 is 5.43 Å². The fourth-order valence-electron chi connectivity index (χ4n) is 2.43. The molecular weight excluding hydrogens is 313 g/mol. The third-order valence-corrected chi connectivity index (χ3v) is 3.84. The monoisotopic (exact) mass is 335 g/mol. The van der Waals surface area contributed by atoms with E-state index >= 15 is 0 Å². The maximum atomic E-state index is 13.8. The first-order chi connectivity index (χ1) is 11.6. The van der Waals surface area contributed by atoms with Crippen LogP contribution in [0.2, 0.25) is 0 Å². The molecule has 0 radical (unpaired) electrons. The van der Waals surface area contributed by atoms with Gasteiger partial charge in [-0.05, 0) is 18.9 Å². The molecule has 0 aromatic heterocycles. The molecule has 0 spiro atoms. The Balaban J connectivity index is 1.94. The van der Waals surface area contributed by atoms with Gasteiger partial charge in [-0.25, -0.2) is 9.82 Å². The molecule has 130 valence electrons. The normalized spacial score (nSPS) is 14.1. The van der Waals surface area contributed by atoms with Crippen molar-refractivity contribution in [1.82, 2.24) is 10.3 Å². The highest BCUT2D eigenvalue weighted by molar-refractivity contribution is 5.94. The number of nitrogens with one attached hydrogen (secondary N) is 1. The molecule has 1 N–H and O–H groups in total.